The van der Waals surface area contributed by atoms with Gasteiger partial charge in [-0.15, -0.1) is 16.4 Å². The van der Waals surface area contributed by atoms with Crippen molar-refractivity contribution in [2.24, 2.45) is 0 Å². The Hall–Kier alpha value is -3.65. The number of carbonyl (C=O) groups is 1. The summed E-state index contributed by atoms with van der Waals surface area (Å²) in [6, 6.07) is 17.7. The van der Waals surface area contributed by atoms with Gasteiger partial charge in [-0.1, -0.05) is 24.3 Å². The monoisotopic (exact) mass is 400 g/mol. The van der Waals surface area contributed by atoms with Crippen molar-refractivity contribution in [1.29, 1.82) is 0 Å². The SMILES string of the molecule is O=C(Cc1nc2ncccn2n1)Nc1ccc(Cc2nc3ccccc3s2)cc1. The molecule has 0 aliphatic heterocycles. The Labute approximate surface area is 170 Å². The van der Waals surface area contributed by atoms with Crippen LogP contribution in [-0.2, 0) is 17.6 Å². The van der Waals surface area contributed by atoms with Crippen LogP contribution in [0.4, 0.5) is 5.69 Å². The molecule has 7 nitrogen and oxygen atoms in total. The van der Waals surface area contributed by atoms with Gasteiger partial charge in [-0.3, -0.25) is 4.79 Å². The van der Waals surface area contributed by atoms with E-state index in [1.165, 1.54) is 4.70 Å². The number of amides is 1. The van der Waals surface area contributed by atoms with E-state index in [4.69, 9.17) is 0 Å². The Kier molecular flexibility index (Phi) is 4.45. The lowest BCUT2D eigenvalue weighted by Gasteiger charge is -2.05. The molecular formula is C21H16N6OS. The van der Waals surface area contributed by atoms with Crippen molar-refractivity contribution in [2.45, 2.75) is 12.8 Å². The van der Waals surface area contributed by atoms with E-state index in [1.54, 1.807) is 34.3 Å². The van der Waals surface area contributed by atoms with Crippen molar-refractivity contribution in [3.63, 3.8) is 0 Å². The minimum absolute atomic E-state index is 0.0941. The number of anilines is 1. The van der Waals surface area contributed by atoms with Gasteiger partial charge in [0, 0.05) is 24.5 Å². The zero-order valence-corrected chi connectivity index (χ0v) is 16.1. The van der Waals surface area contributed by atoms with E-state index in [2.05, 4.69) is 31.4 Å². The first-order valence-corrected chi connectivity index (χ1v) is 9.94. The summed E-state index contributed by atoms with van der Waals surface area (Å²) in [4.78, 5) is 25.3. The number of para-hydroxylation sites is 1. The summed E-state index contributed by atoms with van der Waals surface area (Å²) in [6.45, 7) is 0. The molecule has 0 saturated heterocycles. The molecule has 1 N–H and O–H groups in total. The summed E-state index contributed by atoms with van der Waals surface area (Å²) in [5, 5.41) is 8.21. The lowest BCUT2D eigenvalue weighted by molar-refractivity contribution is -0.115. The van der Waals surface area contributed by atoms with Gasteiger partial charge in [0.1, 0.15) is 0 Å². The summed E-state index contributed by atoms with van der Waals surface area (Å²) in [6.07, 6.45) is 4.26. The quantitative estimate of drug-likeness (QED) is 0.488. The molecule has 29 heavy (non-hydrogen) atoms. The highest BCUT2D eigenvalue weighted by atomic mass is 32.1. The highest BCUT2D eigenvalue weighted by molar-refractivity contribution is 7.18. The highest BCUT2D eigenvalue weighted by Crippen LogP contribution is 2.24. The Bertz CT molecular complexity index is 1240. The molecule has 5 aromatic rings. The van der Waals surface area contributed by atoms with Crippen molar-refractivity contribution >= 4 is 38.9 Å². The minimum atomic E-state index is -0.167. The van der Waals surface area contributed by atoms with E-state index in [1.807, 2.05) is 42.5 Å². The number of aromatic nitrogens is 5. The van der Waals surface area contributed by atoms with Crippen LogP contribution >= 0.6 is 11.3 Å². The van der Waals surface area contributed by atoms with Crippen LogP contribution in [0, 0.1) is 0 Å². The van der Waals surface area contributed by atoms with Crippen LogP contribution in [0.15, 0.2) is 67.0 Å². The zero-order chi connectivity index (χ0) is 19.6. The van der Waals surface area contributed by atoms with Crippen LogP contribution in [0.25, 0.3) is 16.0 Å². The topological polar surface area (TPSA) is 85.1 Å². The van der Waals surface area contributed by atoms with Crippen molar-refractivity contribution in [1.82, 2.24) is 24.6 Å². The van der Waals surface area contributed by atoms with E-state index in [9.17, 15) is 4.79 Å². The lowest BCUT2D eigenvalue weighted by atomic mass is 10.1. The third kappa shape index (κ3) is 3.83. The van der Waals surface area contributed by atoms with E-state index in [0.29, 0.717) is 11.6 Å². The van der Waals surface area contributed by atoms with E-state index in [0.717, 1.165) is 28.2 Å². The second-order valence-corrected chi connectivity index (χ2v) is 7.68. The van der Waals surface area contributed by atoms with Gasteiger partial charge in [-0.25, -0.2) is 14.5 Å². The predicted molar refractivity (Wildman–Crippen MR) is 112 cm³/mol. The molecular weight excluding hydrogens is 384 g/mol. The first-order chi connectivity index (χ1) is 14.2. The maximum atomic E-state index is 12.3. The fraction of sp³-hybridized carbons (Fsp3) is 0.0952. The van der Waals surface area contributed by atoms with Gasteiger partial charge in [-0.2, -0.15) is 4.98 Å². The van der Waals surface area contributed by atoms with Crippen LogP contribution in [0.5, 0.6) is 0 Å². The first-order valence-electron chi connectivity index (χ1n) is 9.12. The average molecular weight is 400 g/mol. The molecule has 142 valence electrons. The lowest BCUT2D eigenvalue weighted by Crippen LogP contribution is -2.15. The van der Waals surface area contributed by atoms with Gasteiger partial charge in [-0.05, 0) is 35.9 Å². The summed E-state index contributed by atoms with van der Waals surface area (Å²) in [5.41, 5.74) is 2.92. The third-order valence-electron chi connectivity index (χ3n) is 4.41. The van der Waals surface area contributed by atoms with E-state index >= 15 is 0 Å². The summed E-state index contributed by atoms with van der Waals surface area (Å²) < 4.78 is 2.75. The molecule has 2 aromatic carbocycles. The standard InChI is InChI=1S/C21H16N6OS/c28-19(13-18-25-21-22-10-3-11-27(21)26-18)23-15-8-6-14(7-9-15)12-20-24-16-4-1-2-5-17(16)29-20/h1-11H,12-13H2,(H,23,28). The largest absolute Gasteiger partial charge is 0.326 e. The molecule has 8 heteroatoms. The molecule has 0 aliphatic rings. The Morgan fingerprint density at radius 1 is 1.03 bits per heavy atom. The number of hydrogen-bond donors (Lipinski definition) is 1. The highest BCUT2D eigenvalue weighted by Gasteiger charge is 2.10. The smallest absolute Gasteiger partial charge is 0.252 e. The molecule has 5 rings (SSSR count). The molecule has 0 fully saturated rings. The zero-order valence-electron chi connectivity index (χ0n) is 15.3. The fourth-order valence-corrected chi connectivity index (χ4v) is 4.08. The number of nitrogens with zero attached hydrogens (tertiary/aromatic N) is 5. The number of carbonyl (C=O) groups excluding carboxylic acids is 1. The van der Waals surface area contributed by atoms with Gasteiger partial charge >= 0.3 is 0 Å². The van der Waals surface area contributed by atoms with E-state index in [-0.39, 0.29) is 12.3 Å². The molecule has 3 heterocycles. The molecule has 3 aromatic heterocycles. The van der Waals surface area contributed by atoms with Crippen LogP contribution in [0.1, 0.15) is 16.4 Å². The molecule has 0 saturated carbocycles. The summed E-state index contributed by atoms with van der Waals surface area (Å²) >= 11 is 1.71. The molecule has 0 atom stereocenters. The Morgan fingerprint density at radius 3 is 2.72 bits per heavy atom. The average Bonchev–Trinajstić information content (AvgIpc) is 3.31. The number of rotatable bonds is 5. The van der Waals surface area contributed by atoms with Crippen molar-refractivity contribution in [3.8, 4) is 0 Å². The molecule has 1 amide bonds. The normalized spacial score (nSPS) is 11.2. The number of thiazole rings is 1. The Balaban J connectivity index is 1.23. The van der Waals surface area contributed by atoms with Crippen molar-refractivity contribution in [2.75, 3.05) is 5.32 Å². The van der Waals surface area contributed by atoms with Gasteiger partial charge in [0.15, 0.2) is 5.82 Å². The predicted octanol–water partition coefficient (Wildman–Crippen LogP) is 3.51. The van der Waals surface area contributed by atoms with Gasteiger partial charge < -0.3 is 5.32 Å². The molecule has 0 bridgehead atoms. The fourth-order valence-electron chi connectivity index (χ4n) is 3.08. The van der Waals surface area contributed by atoms with Gasteiger partial charge in [0.2, 0.25) is 5.91 Å². The molecule has 0 radical (unpaired) electrons. The van der Waals surface area contributed by atoms with Crippen LogP contribution in [-0.4, -0.2) is 30.5 Å². The minimum Gasteiger partial charge on any atom is -0.326 e. The second-order valence-electron chi connectivity index (χ2n) is 6.57. The van der Waals surface area contributed by atoms with E-state index < -0.39 is 0 Å². The third-order valence-corrected chi connectivity index (χ3v) is 5.45. The van der Waals surface area contributed by atoms with Crippen LogP contribution < -0.4 is 5.32 Å². The number of hydrogen-bond acceptors (Lipinski definition) is 6. The summed E-state index contributed by atoms with van der Waals surface area (Å²) in [5.74, 6) is 0.753. The Morgan fingerprint density at radius 2 is 1.90 bits per heavy atom. The number of fused-ring (bicyclic) bond motifs is 2. The van der Waals surface area contributed by atoms with Crippen molar-refractivity contribution < 1.29 is 4.79 Å². The van der Waals surface area contributed by atoms with Crippen LogP contribution in [0.2, 0.25) is 0 Å². The van der Waals surface area contributed by atoms with Crippen molar-refractivity contribution in [3.05, 3.63) is 83.4 Å². The van der Waals surface area contributed by atoms with Gasteiger partial charge in [0.25, 0.3) is 5.78 Å². The summed E-state index contributed by atoms with van der Waals surface area (Å²) in [7, 11) is 0. The van der Waals surface area contributed by atoms with Crippen LogP contribution in [0.3, 0.4) is 0 Å². The number of nitrogens with one attached hydrogen (secondary N) is 1. The maximum absolute atomic E-state index is 12.3. The van der Waals surface area contributed by atoms with Gasteiger partial charge in [0.05, 0.1) is 21.6 Å². The second kappa shape index (κ2) is 7.40. The molecule has 0 aliphatic carbocycles. The number of benzene rings is 2. The maximum Gasteiger partial charge on any atom is 0.252 e. The molecule has 0 unspecified atom stereocenters. The first kappa shape index (κ1) is 17.4. The molecule has 0 spiro atoms.